The third-order valence-electron chi connectivity index (χ3n) is 2.80. The molecule has 5 nitrogen and oxygen atoms in total. The molecule has 2 heterocycles. The maximum Gasteiger partial charge on any atom is 0.222 e. The molecule has 1 saturated heterocycles. The van der Waals surface area contributed by atoms with Crippen LogP contribution in [0.2, 0.25) is 0 Å². The summed E-state index contributed by atoms with van der Waals surface area (Å²) in [7, 11) is 0. The third-order valence-corrected chi connectivity index (χ3v) is 2.80. The molecule has 1 aliphatic heterocycles. The highest BCUT2D eigenvalue weighted by atomic mass is 16.2. The lowest BCUT2D eigenvalue weighted by atomic mass is 10.1. The Hall–Kier alpha value is -1.36. The second kappa shape index (κ2) is 4.44. The zero-order valence-corrected chi connectivity index (χ0v) is 8.65. The lowest BCUT2D eigenvalue weighted by molar-refractivity contribution is -0.127. The van der Waals surface area contributed by atoms with Crippen molar-refractivity contribution in [2.24, 2.45) is 11.7 Å². The molecule has 2 rings (SSSR count). The van der Waals surface area contributed by atoms with Crippen LogP contribution in [0.1, 0.15) is 12.2 Å². The predicted molar refractivity (Wildman–Crippen MR) is 56.0 cm³/mol. The zero-order chi connectivity index (χ0) is 10.7. The lowest BCUT2D eigenvalue weighted by Gasteiger charge is -2.15. The van der Waals surface area contributed by atoms with E-state index in [1.165, 1.54) is 0 Å². The van der Waals surface area contributed by atoms with Crippen molar-refractivity contribution in [3.05, 3.63) is 18.2 Å². The lowest BCUT2D eigenvalue weighted by Crippen LogP contribution is -2.28. The molecular weight excluding hydrogens is 192 g/mol. The minimum atomic E-state index is 0.219. The van der Waals surface area contributed by atoms with E-state index in [4.69, 9.17) is 5.73 Å². The number of rotatable bonds is 4. The number of amides is 1. The summed E-state index contributed by atoms with van der Waals surface area (Å²) < 4.78 is 0. The maximum absolute atomic E-state index is 11.5. The second-order valence-corrected chi connectivity index (χ2v) is 3.93. The van der Waals surface area contributed by atoms with Crippen molar-refractivity contribution in [3.8, 4) is 0 Å². The van der Waals surface area contributed by atoms with Crippen molar-refractivity contribution in [2.75, 3.05) is 19.6 Å². The van der Waals surface area contributed by atoms with Crippen molar-refractivity contribution < 1.29 is 4.79 Å². The molecule has 1 aromatic heterocycles. The number of carbonyl (C=O) groups is 1. The molecule has 1 fully saturated rings. The van der Waals surface area contributed by atoms with Crippen LogP contribution in [-0.4, -0.2) is 40.4 Å². The molecule has 0 spiro atoms. The number of nitrogens with two attached hydrogens (primary N) is 1. The van der Waals surface area contributed by atoms with Gasteiger partial charge in [0.25, 0.3) is 0 Å². The molecular formula is C10H16N4O. The Balaban J connectivity index is 1.83. The molecule has 3 N–H and O–H groups in total. The topological polar surface area (TPSA) is 75.0 Å². The second-order valence-electron chi connectivity index (χ2n) is 3.93. The molecule has 0 radical (unpaired) electrons. The Bertz CT molecular complexity index is 322. The van der Waals surface area contributed by atoms with Crippen LogP contribution in [0.4, 0.5) is 0 Å². The van der Waals surface area contributed by atoms with E-state index in [-0.39, 0.29) is 5.91 Å². The molecule has 5 heteroatoms. The minimum Gasteiger partial charge on any atom is -0.349 e. The Kier molecular flexibility index (Phi) is 3.01. The first kappa shape index (κ1) is 10.2. The molecule has 1 aromatic rings. The van der Waals surface area contributed by atoms with E-state index in [0.29, 0.717) is 18.9 Å². The van der Waals surface area contributed by atoms with Gasteiger partial charge in [-0.2, -0.15) is 0 Å². The van der Waals surface area contributed by atoms with Crippen LogP contribution in [0.25, 0.3) is 0 Å². The number of hydrogen-bond donors (Lipinski definition) is 2. The van der Waals surface area contributed by atoms with E-state index >= 15 is 0 Å². The Morgan fingerprint density at radius 3 is 3.13 bits per heavy atom. The van der Waals surface area contributed by atoms with Gasteiger partial charge in [0.15, 0.2) is 0 Å². The Morgan fingerprint density at radius 2 is 2.53 bits per heavy atom. The van der Waals surface area contributed by atoms with Gasteiger partial charge in [-0.15, -0.1) is 0 Å². The van der Waals surface area contributed by atoms with E-state index in [9.17, 15) is 4.79 Å². The SMILES string of the molecule is NCC1CC(=O)N(CCc2ncc[nH]2)C1. The largest absolute Gasteiger partial charge is 0.349 e. The smallest absolute Gasteiger partial charge is 0.222 e. The number of likely N-dealkylation sites (tertiary alicyclic amines) is 1. The highest BCUT2D eigenvalue weighted by Gasteiger charge is 2.27. The van der Waals surface area contributed by atoms with Gasteiger partial charge in [-0.25, -0.2) is 4.98 Å². The van der Waals surface area contributed by atoms with Crippen LogP contribution in [0.5, 0.6) is 0 Å². The number of H-pyrrole nitrogens is 1. The van der Waals surface area contributed by atoms with E-state index in [0.717, 1.165) is 25.3 Å². The quantitative estimate of drug-likeness (QED) is 0.717. The van der Waals surface area contributed by atoms with Crippen molar-refractivity contribution in [1.29, 1.82) is 0 Å². The molecule has 1 aliphatic rings. The highest BCUT2D eigenvalue weighted by molar-refractivity contribution is 5.78. The Morgan fingerprint density at radius 1 is 1.67 bits per heavy atom. The number of hydrogen-bond acceptors (Lipinski definition) is 3. The van der Waals surface area contributed by atoms with Gasteiger partial charge in [0.05, 0.1) is 0 Å². The maximum atomic E-state index is 11.5. The molecule has 0 bridgehead atoms. The number of carbonyl (C=O) groups excluding carboxylic acids is 1. The average molecular weight is 208 g/mol. The van der Waals surface area contributed by atoms with Gasteiger partial charge in [0.1, 0.15) is 5.82 Å². The molecule has 0 aromatic carbocycles. The molecule has 1 amide bonds. The van der Waals surface area contributed by atoms with Crippen molar-refractivity contribution in [1.82, 2.24) is 14.9 Å². The monoisotopic (exact) mass is 208 g/mol. The van der Waals surface area contributed by atoms with Crippen LogP contribution < -0.4 is 5.73 Å². The van der Waals surface area contributed by atoms with Crippen LogP contribution in [0.15, 0.2) is 12.4 Å². The van der Waals surface area contributed by atoms with E-state index < -0.39 is 0 Å². The third kappa shape index (κ3) is 2.36. The van der Waals surface area contributed by atoms with E-state index in [1.54, 1.807) is 12.4 Å². The molecule has 1 unspecified atom stereocenters. The van der Waals surface area contributed by atoms with Gasteiger partial charge in [0.2, 0.25) is 5.91 Å². The number of aromatic amines is 1. The van der Waals surface area contributed by atoms with Crippen molar-refractivity contribution >= 4 is 5.91 Å². The number of nitrogens with one attached hydrogen (secondary N) is 1. The van der Waals surface area contributed by atoms with Crippen molar-refractivity contribution in [2.45, 2.75) is 12.8 Å². The summed E-state index contributed by atoms with van der Waals surface area (Å²) in [5.74, 6) is 1.49. The van der Waals surface area contributed by atoms with Gasteiger partial charge in [0, 0.05) is 38.3 Å². The number of imidazole rings is 1. The average Bonchev–Trinajstić information content (AvgIpc) is 2.84. The van der Waals surface area contributed by atoms with Crippen LogP contribution in [0.3, 0.4) is 0 Å². The molecule has 1 atom stereocenters. The first-order chi connectivity index (χ1) is 7.29. The minimum absolute atomic E-state index is 0.219. The summed E-state index contributed by atoms with van der Waals surface area (Å²) in [6.45, 7) is 2.14. The van der Waals surface area contributed by atoms with Gasteiger partial charge in [-0.05, 0) is 12.5 Å². The molecule has 82 valence electrons. The molecule has 15 heavy (non-hydrogen) atoms. The fourth-order valence-corrected chi connectivity index (χ4v) is 1.90. The zero-order valence-electron chi connectivity index (χ0n) is 8.65. The summed E-state index contributed by atoms with van der Waals surface area (Å²) in [5.41, 5.74) is 5.55. The van der Waals surface area contributed by atoms with E-state index in [1.807, 2.05) is 4.90 Å². The van der Waals surface area contributed by atoms with Gasteiger partial charge in [-0.1, -0.05) is 0 Å². The van der Waals surface area contributed by atoms with Crippen LogP contribution >= 0.6 is 0 Å². The first-order valence-electron chi connectivity index (χ1n) is 5.25. The van der Waals surface area contributed by atoms with Crippen LogP contribution in [0, 0.1) is 5.92 Å². The van der Waals surface area contributed by atoms with E-state index in [2.05, 4.69) is 9.97 Å². The summed E-state index contributed by atoms with van der Waals surface area (Å²) >= 11 is 0. The highest BCUT2D eigenvalue weighted by Crippen LogP contribution is 2.16. The van der Waals surface area contributed by atoms with Gasteiger partial charge >= 0.3 is 0 Å². The standard InChI is InChI=1S/C10H16N4O/c11-6-8-5-10(15)14(7-8)4-1-9-12-2-3-13-9/h2-3,8H,1,4-7,11H2,(H,12,13). The first-order valence-corrected chi connectivity index (χ1v) is 5.25. The summed E-state index contributed by atoms with van der Waals surface area (Å²) in [6.07, 6.45) is 4.92. The summed E-state index contributed by atoms with van der Waals surface area (Å²) in [5, 5.41) is 0. The summed E-state index contributed by atoms with van der Waals surface area (Å²) in [6, 6.07) is 0. The normalized spacial score (nSPS) is 21.3. The number of aromatic nitrogens is 2. The number of nitrogens with zero attached hydrogens (tertiary/aromatic N) is 2. The molecule has 0 aliphatic carbocycles. The van der Waals surface area contributed by atoms with Gasteiger partial charge in [-0.3, -0.25) is 4.79 Å². The van der Waals surface area contributed by atoms with Crippen LogP contribution in [-0.2, 0) is 11.2 Å². The van der Waals surface area contributed by atoms with Gasteiger partial charge < -0.3 is 15.6 Å². The Labute approximate surface area is 88.7 Å². The fourth-order valence-electron chi connectivity index (χ4n) is 1.90. The van der Waals surface area contributed by atoms with Crippen molar-refractivity contribution in [3.63, 3.8) is 0 Å². The predicted octanol–water partition coefficient (Wildman–Crippen LogP) is -0.241. The molecule has 0 saturated carbocycles. The summed E-state index contributed by atoms with van der Waals surface area (Å²) in [4.78, 5) is 20.6. The fraction of sp³-hybridized carbons (Fsp3) is 0.600.